The molecule has 6 heteroatoms. The third-order valence-electron chi connectivity index (χ3n) is 3.77. The first kappa shape index (κ1) is 14.3. The van der Waals surface area contributed by atoms with Gasteiger partial charge in [-0.05, 0) is 53.0 Å². The van der Waals surface area contributed by atoms with Crippen molar-refractivity contribution < 1.29 is 9.50 Å². The van der Waals surface area contributed by atoms with Gasteiger partial charge in [0, 0.05) is 11.8 Å². The van der Waals surface area contributed by atoms with Crippen LogP contribution in [0.5, 0.6) is 0 Å². The molecule has 1 aromatic heterocycles. The summed E-state index contributed by atoms with van der Waals surface area (Å²) >= 11 is 3.17. The van der Waals surface area contributed by atoms with Gasteiger partial charge in [-0.1, -0.05) is 6.07 Å². The monoisotopic (exact) mass is 351 g/mol. The number of anilines is 1. The predicted molar refractivity (Wildman–Crippen MR) is 82.4 cm³/mol. The summed E-state index contributed by atoms with van der Waals surface area (Å²) in [4.78, 5) is 0. The minimum Gasteiger partial charge on any atom is -0.390 e. The third kappa shape index (κ3) is 2.38. The third-order valence-corrected chi connectivity index (χ3v) is 4.41. The van der Waals surface area contributed by atoms with Gasteiger partial charge in [-0.2, -0.15) is 5.10 Å². The van der Waals surface area contributed by atoms with Gasteiger partial charge in [-0.25, -0.2) is 9.07 Å². The average Bonchev–Trinajstić information content (AvgIpc) is 2.86. The summed E-state index contributed by atoms with van der Waals surface area (Å²) in [6, 6.07) is 6.72. The van der Waals surface area contributed by atoms with E-state index in [2.05, 4.69) is 26.3 Å². The van der Waals surface area contributed by atoms with Crippen LogP contribution in [0.1, 0.15) is 31.1 Å². The van der Waals surface area contributed by atoms with Crippen LogP contribution in [-0.2, 0) is 6.61 Å². The molecule has 0 bridgehead atoms. The second-order valence-electron chi connectivity index (χ2n) is 5.13. The van der Waals surface area contributed by atoms with Crippen molar-refractivity contribution in [1.29, 1.82) is 0 Å². The fraction of sp³-hybridized carbons (Fsp3) is 0.267. The first-order chi connectivity index (χ1) is 10.0. The number of aliphatic hydroxyl groups is 1. The van der Waals surface area contributed by atoms with Crippen LogP contribution >= 0.6 is 15.9 Å². The van der Waals surface area contributed by atoms with Crippen molar-refractivity contribution in [3.05, 3.63) is 57.1 Å². The van der Waals surface area contributed by atoms with Crippen molar-refractivity contribution in [3.63, 3.8) is 0 Å². The molecule has 0 radical (unpaired) electrons. The van der Waals surface area contributed by atoms with E-state index in [1.165, 1.54) is 6.07 Å². The molecule has 2 heterocycles. The Morgan fingerprint density at radius 2 is 2.14 bits per heavy atom. The van der Waals surface area contributed by atoms with Gasteiger partial charge in [0.2, 0.25) is 0 Å². The van der Waals surface area contributed by atoms with Gasteiger partial charge >= 0.3 is 0 Å². The number of allylic oxidation sites excluding steroid dienone is 2. The molecule has 110 valence electrons. The first-order valence-electron chi connectivity index (χ1n) is 6.60. The number of aliphatic hydroxyl groups excluding tert-OH is 1. The second-order valence-corrected chi connectivity index (χ2v) is 5.99. The fourth-order valence-electron chi connectivity index (χ4n) is 2.57. The molecule has 0 spiro atoms. The van der Waals surface area contributed by atoms with Crippen molar-refractivity contribution in [3.8, 4) is 0 Å². The number of benzene rings is 1. The quantitative estimate of drug-likeness (QED) is 0.869. The SMILES string of the molecule is CC1=C(C)C(c2ccc(Br)c(F)c2)n2nc(CO)cc2N1. The van der Waals surface area contributed by atoms with Gasteiger partial charge in [0.05, 0.1) is 16.8 Å². The number of halogens is 2. The zero-order valence-corrected chi connectivity index (χ0v) is 13.3. The molecule has 21 heavy (non-hydrogen) atoms. The minimum absolute atomic E-state index is 0.124. The molecule has 1 aliphatic rings. The molecule has 4 nitrogen and oxygen atoms in total. The topological polar surface area (TPSA) is 50.1 Å². The lowest BCUT2D eigenvalue weighted by atomic mass is 9.97. The highest BCUT2D eigenvalue weighted by atomic mass is 79.9. The minimum atomic E-state index is -0.299. The highest BCUT2D eigenvalue weighted by Gasteiger charge is 2.27. The van der Waals surface area contributed by atoms with E-state index in [0.717, 1.165) is 22.7 Å². The number of aromatic nitrogens is 2. The fourth-order valence-corrected chi connectivity index (χ4v) is 2.81. The highest BCUT2D eigenvalue weighted by Crippen LogP contribution is 2.36. The van der Waals surface area contributed by atoms with Crippen molar-refractivity contribution in [2.75, 3.05) is 5.32 Å². The molecule has 0 amide bonds. The maximum Gasteiger partial charge on any atom is 0.137 e. The van der Waals surface area contributed by atoms with E-state index >= 15 is 0 Å². The predicted octanol–water partition coefficient (Wildman–Crippen LogP) is 3.59. The first-order valence-corrected chi connectivity index (χ1v) is 7.39. The molecular weight excluding hydrogens is 337 g/mol. The molecule has 0 saturated heterocycles. The average molecular weight is 352 g/mol. The van der Waals surface area contributed by atoms with E-state index in [9.17, 15) is 9.50 Å². The van der Waals surface area contributed by atoms with E-state index in [1.54, 1.807) is 16.8 Å². The van der Waals surface area contributed by atoms with Crippen molar-refractivity contribution in [2.45, 2.75) is 26.5 Å². The lowest BCUT2D eigenvalue weighted by Crippen LogP contribution is -2.23. The van der Waals surface area contributed by atoms with Crippen LogP contribution in [0.2, 0.25) is 0 Å². The summed E-state index contributed by atoms with van der Waals surface area (Å²) in [6.45, 7) is 3.85. The summed E-state index contributed by atoms with van der Waals surface area (Å²) in [6.07, 6.45) is 0. The van der Waals surface area contributed by atoms with Crippen molar-refractivity contribution in [2.24, 2.45) is 0 Å². The van der Waals surface area contributed by atoms with Gasteiger partial charge in [-0.3, -0.25) is 0 Å². The van der Waals surface area contributed by atoms with E-state index in [0.29, 0.717) is 10.2 Å². The molecule has 0 saturated carbocycles. The zero-order chi connectivity index (χ0) is 15.1. The van der Waals surface area contributed by atoms with Gasteiger partial charge in [0.25, 0.3) is 0 Å². The smallest absolute Gasteiger partial charge is 0.137 e. The van der Waals surface area contributed by atoms with Gasteiger partial charge in [0.1, 0.15) is 17.7 Å². The largest absolute Gasteiger partial charge is 0.390 e. The number of nitrogens with one attached hydrogen (secondary N) is 1. The van der Waals surface area contributed by atoms with Crippen LogP contribution in [0.25, 0.3) is 0 Å². The summed E-state index contributed by atoms with van der Waals surface area (Å²) in [5.74, 6) is 0.503. The Morgan fingerprint density at radius 3 is 2.81 bits per heavy atom. The van der Waals surface area contributed by atoms with Gasteiger partial charge < -0.3 is 10.4 Å². The second kappa shape index (κ2) is 5.27. The number of fused-ring (bicyclic) bond motifs is 1. The number of rotatable bonds is 2. The Labute approximate surface area is 130 Å². The Hall–Kier alpha value is -1.66. The molecule has 1 unspecified atom stereocenters. The molecular formula is C15H15BrFN3O. The Bertz CT molecular complexity index is 739. The van der Waals surface area contributed by atoms with Gasteiger partial charge in [0.15, 0.2) is 0 Å². The van der Waals surface area contributed by atoms with Gasteiger partial charge in [-0.15, -0.1) is 0 Å². The molecule has 2 N–H and O–H groups in total. The summed E-state index contributed by atoms with van der Waals surface area (Å²) in [7, 11) is 0. The Kier molecular flexibility index (Phi) is 3.59. The van der Waals surface area contributed by atoms with Crippen LogP contribution in [-0.4, -0.2) is 14.9 Å². The Morgan fingerprint density at radius 1 is 1.38 bits per heavy atom. The van der Waals surface area contributed by atoms with Crippen molar-refractivity contribution in [1.82, 2.24) is 9.78 Å². The van der Waals surface area contributed by atoms with Crippen LogP contribution in [0, 0.1) is 5.82 Å². The molecule has 0 fully saturated rings. The van der Waals surface area contributed by atoms with Crippen LogP contribution in [0.15, 0.2) is 40.0 Å². The standard InChI is InChI=1S/C15H15BrFN3O/c1-8-9(2)18-14-6-11(7-21)19-20(14)15(8)10-3-4-12(16)13(17)5-10/h3-6,15,18,21H,7H2,1-2H3. The molecule has 1 aliphatic heterocycles. The highest BCUT2D eigenvalue weighted by molar-refractivity contribution is 9.10. The van der Waals surface area contributed by atoms with Crippen molar-refractivity contribution >= 4 is 21.7 Å². The summed E-state index contributed by atoms with van der Waals surface area (Å²) in [5, 5.41) is 16.9. The maximum absolute atomic E-state index is 13.9. The lowest BCUT2D eigenvalue weighted by molar-refractivity contribution is 0.275. The molecule has 3 rings (SSSR count). The van der Waals surface area contributed by atoms with E-state index in [4.69, 9.17) is 0 Å². The number of hydrogen-bond acceptors (Lipinski definition) is 3. The Balaban J connectivity index is 2.15. The molecule has 1 atom stereocenters. The van der Waals surface area contributed by atoms with Crippen LogP contribution in [0.4, 0.5) is 10.2 Å². The molecule has 0 aliphatic carbocycles. The molecule has 1 aromatic carbocycles. The maximum atomic E-state index is 13.9. The number of hydrogen-bond donors (Lipinski definition) is 2. The zero-order valence-electron chi connectivity index (χ0n) is 11.7. The van der Waals surface area contributed by atoms with E-state index < -0.39 is 0 Å². The van der Waals surface area contributed by atoms with E-state index in [1.807, 2.05) is 19.9 Å². The molecule has 2 aromatic rings. The van der Waals surface area contributed by atoms with Crippen LogP contribution < -0.4 is 5.32 Å². The van der Waals surface area contributed by atoms with E-state index in [-0.39, 0.29) is 18.5 Å². The van der Waals surface area contributed by atoms with Crippen LogP contribution in [0.3, 0.4) is 0 Å². The normalized spacial score (nSPS) is 17.7. The summed E-state index contributed by atoms with van der Waals surface area (Å²) < 4.78 is 16.1. The summed E-state index contributed by atoms with van der Waals surface area (Å²) in [5.41, 5.74) is 3.49. The lowest BCUT2D eigenvalue weighted by Gasteiger charge is -2.28. The number of nitrogens with zero attached hydrogens (tertiary/aromatic N) is 2.